The zero-order chi connectivity index (χ0) is 15.4. The van der Waals surface area contributed by atoms with Crippen LogP contribution < -0.4 is 20.5 Å². The number of nitrogens with two attached hydrogens (primary N) is 1. The van der Waals surface area contributed by atoms with Crippen molar-refractivity contribution >= 4 is 5.91 Å². The van der Waals surface area contributed by atoms with E-state index < -0.39 is 6.10 Å². The Morgan fingerprint density at radius 3 is 2.95 bits per heavy atom. The SMILES string of the molecule is CC(C)CCNC(=O)C(C)Oc1ccc2c(c1)OCC2N. The van der Waals surface area contributed by atoms with Crippen LogP contribution in [0.4, 0.5) is 0 Å². The minimum absolute atomic E-state index is 0.0780. The molecule has 3 N–H and O–H groups in total. The lowest BCUT2D eigenvalue weighted by atomic mass is 10.1. The second-order valence-electron chi connectivity index (χ2n) is 5.85. The number of hydrogen-bond donors (Lipinski definition) is 2. The Bertz CT molecular complexity index is 502. The van der Waals surface area contributed by atoms with Gasteiger partial charge >= 0.3 is 0 Å². The smallest absolute Gasteiger partial charge is 0.260 e. The lowest BCUT2D eigenvalue weighted by Gasteiger charge is -2.15. The summed E-state index contributed by atoms with van der Waals surface area (Å²) in [4.78, 5) is 11.9. The molecule has 1 amide bonds. The van der Waals surface area contributed by atoms with E-state index in [0.717, 1.165) is 17.7 Å². The molecule has 1 aliphatic heterocycles. The molecule has 1 heterocycles. The number of carbonyl (C=O) groups excluding carboxylic acids is 1. The zero-order valence-electron chi connectivity index (χ0n) is 12.9. The van der Waals surface area contributed by atoms with E-state index in [4.69, 9.17) is 15.2 Å². The molecule has 2 atom stereocenters. The van der Waals surface area contributed by atoms with E-state index in [9.17, 15) is 4.79 Å². The molecule has 0 fully saturated rings. The van der Waals surface area contributed by atoms with E-state index >= 15 is 0 Å². The highest BCUT2D eigenvalue weighted by molar-refractivity contribution is 5.80. The summed E-state index contributed by atoms with van der Waals surface area (Å²) in [6.07, 6.45) is 0.425. The molecule has 116 valence electrons. The molecule has 0 aromatic heterocycles. The Balaban J connectivity index is 1.88. The molecule has 21 heavy (non-hydrogen) atoms. The van der Waals surface area contributed by atoms with Crippen LogP contribution in [0.15, 0.2) is 18.2 Å². The first-order chi connectivity index (χ1) is 9.97. The van der Waals surface area contributed by atoms with Crippen LogP contribution in [0, 0.1) is 5.92 Å². The predicted octanol–water partition coefficient (Wildman–Crippen LogP) is 2.01. The van der Waals surface area contributed by atoms with Crippen LogP contribution in [0.2, 0.25) is 0 Å². The molecule has 5 nitrogen and oxygen atoms in total. The number of carbonyl (C=O) groups is 1. The molecular formula is C16H24N2O3. The molecule has 0 saturated carbocycles. The average molecular weight is 292 g/mol. The van der Waals surface area contributed by atoms with Crippen LogP contribution in [-0.2, 0) is 4.79 Å². The Morgan fingerprint density at radius 2 is 2.24 bits per heavy atom. The van der Waals surface area contributed by atoms with Crippen LogP contribution in [0.5, 0.6) is 11.5 Å². The minimum Gasteiger partial charge on any atom is -0.491 e. The quantitative estimate of drug-likeness (QED) is 0.841. The van der Waals surface area contributed by atoms with E-state index in [1.165, 1.54) is 0 Å². The van der Waals surface area contributed by atoms with Gasteiger partial charge in [0.05, 0.1) is 6.04 Å². The van der Waals surface area contributed by atoms with Gasteiger partial charge in [0.2, 0.25) is 0 Å². The third-order valence-corrected chi connectivity index (χ3v) is 3.51. The second-order valence-corrected chi connectivity index (χ2v) is 5.85. The van der Waals surface area contributed by atoms with E-state index in [2.05, 4.69) is 19.2 Å². The van der Waals surface area contributed by atoms with Crippen molar-refractivity contribution in [1.29, 1.82) is 0 Å². The fourth-order valence-corrected chi connectivity index (χ4v) is 2.17. The Morgan fingerprint density at radius 1 is 1.48 bits per heavy atom. The zero-order valence-corrected chi connectivity index (χ0v) is 12.9. The topological polar surface area (TPSA) is 73.6 Å². The summed E-state index contributed by atoms with van der Waals surface area (Å²) in [6, 6.07) is 5.43. The van der Waals surface area contributed by atoms with E-state index in [1.807, 2.05) is 12.1 Å². The molecule has 0 bridgehead atoms. The van der Waals surface area contributed by atoms with Crippen LogP contribution in [0.3, 0.4) is 0 Å². The first kappa shape index (κ1) is 15.6. The molecule has 1 aromatic rings. The van der Waals surface area contributed by atoms with Gasteiger partial charge < -0.3 is 20.5 Å². The number of nitrogens with one attached hydrogen (secondary N) is 1. The van der Waals surface area contributed by atoms with Crippen molar-refractivity contribution in [2.45, 2.75) is 39.3 Å². The van der Waals surface area contributed by atoms with Gasteiger partial charge in [-0.1, -0.05) is 13.8 Å². The summed E-state index contributed by atoms with van der Waals surface area (Å²) in [5.74, 6) is 1.83. The Labute approximate surface area is 125 Å². The average Bonchev–Trinajstić information content (AvgIpc) is 2.79. The monoisotopic (exact) mass is 292 g/mol. The number of hydrogen-bond acceptors (Lipinski definition) is 4. The molecule has 0 aliphatic carbocycles. The molecule has 1 aliphatic rings. The predicted molar refractivity (Wildman–Crippen MR) is 81.4 cm³/mol. The Hall–Kier alpha value is -1.75. The molecule has 2 rings (SSSR count). The summed E-state index contributed by atoms with van der Waals surface area (Å²) >= 11 is 0. The fraction of sp³-hybridized carbons (Fsp3) is 0.562. The number of ether oxygens (including phenoxy) is 2. The van der Waals surface area contributed by atoms with Crippen molar-refractivity contribution in [3.63, 3.8) is 0 Å². The molecule has 0 saturated heterocycles. The third-order valence-electron chi connectivity index (χ3n) is 3.51. The maximum atomic E-state index is 11.9. The van der Waals surface area contributed by atoms with Crippen LogP contribution in [-0.4, -0.2) is 25.2 Å². The number of rotatable bonds is 6. The van der Waals surface area contributed by atoms with Gasteiger partial charge in [-0.25, -0.2) is 0 Å². The standard InChI is InChI=1S/C16H24N2O3/c1-10(2)6-7-18-16(19)11(3)21-12-4-5-13-14(17)9-20-15(13)8-12/h4-5,8,10-11,14H,6-7,9,17H2,1-3H3,(H,18,19). The van der Waals surface area contributed by atoms with Crippen LogP contribution >= 0.6 is 0 Å². The second kappa shape index (κ2) is 6.80. The summed E-state index contributed by atoms with van der Waals surface area (Å²) in [6.45, 7) is 7.16. The van der Waals surface area contributed by atoms with Crippen LogP contribution in [0.1, 0.15) is 38.8 Å². The molecule has 1 aromatic carbocycles. The van der Waals surface area contributed by atoms with Gasteiger partial charge in [0.25, 0.3) is 5.91 Å². The third kappa shape index (κ3) is 4.11. The van der Waals surface area contributed by atoms with Crippen molar-refractivity contribution < 1.29 is 14.3 Å². The highest BCUT2D eigenvalue weighted by atomic mass is 16.5. The van der Waals surface area contributed by atoms with E-state index in [1.54, 1.807) is 13.0 Å². The summed E-state index contributed by atoms with van der Waals surface area (Å²) in [7, 11) is 0. The summed E-state index contributed by atoms with van der Waals surface area (Å²) in [5, 5.41) is 2.88. The molecular weight excluding hydrogens is 268 g/mol. The first-order valence-electron chi connectivity index (χ1n) is 7.44. The maximum absolute atomic E-state index is 11.9. The van der Waals surface area contributed by atoms with Gasteiger partial charge in [0, 0.05) is 18.2 Å². The van der Waals surface area contributed by atoms with Gasteiger partial charge in [0.1, 0.15) is 18.1 Å². The highest BCUT2D eigenvalue weighted by Gasteiger charge is 2.22. The largest absolute Gasteiger partial charge is 0.491 e. The normalized spacial score (nSPS) is 18.0. The number of amides is 1. The van der Waals surface area contributed by atoms with Gasteiger partial charge in [-0.3, -0.25) is 4.79 Å². The van der Waals surface area contributed by atoms with Crippen molar-refractivity contribution in [3.05, 3.63) is 23.8 Å². The lowest BCUT2D eigenvalue weighted by molar-refractivity contribution is -0.127. The molecule has 2 unspecified atom stereocenters. The minimum atomic E-state index is -0.537. The molecule has 5 heteroatoms. The van der Waals surface area contributed by atoms with Gasteiger partial charge in [-0.15, -0.1) is 0 Å². The molecule has 0 radical (unpaired) electrons. The van der Waals surface area contributed by atoms with Crippen molar-refractivity contribution in [2.75, 3.05) is 13.2 Å². The van der Waals surface area contributed by atoms with E-state index in [0.29, 0.717) is 24.8 Å². The maximum Gasteiger partial charge on any atom is 0.260 e. The highest BCUT2D eigenvalue weighted by Crippen LogP contribution is 2.34. The van der Waals surface area contributed by atoms with Crippen molar-refractivity contribution in [1.82, 2.24) is 5.32 Å². The van der Waals surface area contributed by atoms with Gasteiger partial charge in [-0.2, -0.15) is 0 Å². The van der Waals surface area contributed by atoms with Crippen LogP contribution in [0.25, 0.3) is 0 Å². The van der Waals surface area contributed by atoms with E-state index in [-0.39, 0.29) is 11.9 Å². The number of fused-ring (bicyclic) bond motifs is 1. The fourth-order valence-electron chi connectivity index (χ4n) is 2.17. The summed E-state index contributed by atoms with van der Waals surface area (Å²) in [5.41, 5.74) is 6.88. The van der Waals surface area contributed by atoms with Crippen molar-refractivity contribution in [2.24, 2.45) is 11.7 Å². The van der Waals surface area contributed by atoms with Crippen molar-refractivity contribution in [3.8, 4) is 11.5 Å². The summed E-state index contributed by atoms with van der Waals surface area (Å²) < 4.78 is 11.1. The van der Waals surface area contributed by atoms with Gasteiger partial charge in [-0.05, 0) is 31.4 Å². The first-order valence-corrected chi connectivity index (χ1v) is 7.44. The number of benzene rings is 1. The lowest BCUT2D eigenvalue weighted by Crippen LogP contribution is -2.37. The van der Waals surface area contributed by atoms with Gasteiger partial charge in [0.15, 0.2) is 6.10 Å². The molecule has 0 spiro atoms. The Kier molecular flexibility index (Phi) is 5.07.